The van der Waals surface area contributed by atoms with Crippen LogP contribution in [-0.2, 0) is 0 Å². The Morgan fingerprint density at radius 3 is 2.59 bits per heavy atom. The Morgan fingerprint density at radius 2 is 1.93 bits per heavy atom. The van der Waals surface area contributed by atoms with E-state index in [1.54, 1.807) is 12.1 Å². The maximum atomic E-state index is 13.7. The highest BCUT2D eigenvalue weighted by Crippen LogP contribution is 2.31. The average molecular weight is 406 g/mol. The van der Waals surface area contributed by atoms with Crippen molar-refractivity contribution in [1.82, 2.24) is 5.32 Å². The largest absolute Gasteiger partial charge is 0.370 e. The van der Waals surface area contributed by atoms with Crippen molar-refractivity contribution >= 4 is 46.2 Å². The number of piperidine rings is 1. The van der Waals surface area contributed by atoms with Crippen molar-refractivity contribution in [2.24, 2.45) is 5.92 Å². The molecule has 0 spiro atoms. The van der Waals surface area contributed by atoms with Gasteiger partial charge in [-0.15, -0.1) is 0 Å². The second kappa shape index (κ2) is 8.67. The van der Waals surface area contributed by atoms with Crippen LogP contribution in [0.1, 0.15) is 30.1 Å². The summed E-state index contributed by atoms with van der Waals surface area (Å²) in [5.74, 6) is -0.451. The van der Waals surface area contributed by atoms with E-state index in [4.69, 9.17) is 23.8 Å². The zero-order valence-electron chi connectivity index (χ0n) is 15.0. The molecule has 7 heteroatoms. The van der Waals surface area contributed by atoms with Crippen molar-refractivity contribution < 1.29 is 9.18 Å². The first-order valence-corrected chi connectivity index (χ1v) is 9.64. The van der Waals surface area contributed by atoms with Gasteiger partial charge in [-0.25, -0.2) is 4.39 Å². The number of rotatable bonds is 3. The van der Waals surface area contributed by atoms with Gasteiger partial charge in [-0.05, 0) is 61.3 Å². The van der Waals surface area contributed by atoms with E-state index < -0.39 is 11.7 Å². The number of benzene rings is 2. The lowest BCUT2D eigenvalue weighted by Crippen LogP contribution is -2.34. The Balaban J connectivity index is 1.62. The molecule has 0 aliphatic carbocycles. The highest BCUT2D eigenvalue weighted by Gasteiger charge is 2.18. The molecular weight excluding hydrogens is 385 g/mol. The van der Waals surface area contributed by atoms with Gasteiger partial charge >= 0.3 is 0 Å². The summed E-state index contributed by atoms with van der Waals surface area (Å²) in [6.07, 6.45) is 2.31. The van der Waals surface area contributed by atoms with Crippen molar-refractivity contribution in [3.05, 3.63) is 58.9 Å². The van der Waals surface area contributed by atoms with E-state index >= 15 is 0 Å². The van der Waals surface area contributed by atoms with E-state index in [-0.39, 0.29) is 10.7 Å². The van der Waals surface area contributed by atoms with Crippen molar-refractivity contribution in [3.63, 3.8) is 0 Å². The third kappa shape index (κ3) is 4.96. The molecule has 1 aliphatic heterocycles. The molecule has 1 fully saturated rings. The lowest BCUT2D eigenvalue weighted by Gasteiger charge is -2.32. The van der Waals surface area contributed by atoms with Gasteiger partial charge in [0.05, 0.1) is 16.3 Å². The van der Waals surface area contributed by atoms with Crippen molar-refractivity contribution in [2.45, 2.75) is 19.8 Å². The molecule has 2 aromatic rings. The minimum Gasteiger partial charge on any atom is -0.370 e. The molecular formula is C20H21ClFN3OS. The highest BCUT2D eigenvalue weighted by molar-refractivity contribution is 7.80. The van der Waals surface area contributed by atoms with Gasteiger partial charge in [0.25, 0.3) is 5.91 Å². The predicted molar refractivity (Wildman–Crippen MR) is 112 cm³/mol. The number of amides is 1. The second-order valence-electron chi connectivity index (χ2n) is 6.72. The zero-order chi connectivity index (χ0) is 19.4. The first-order valence-electron chi connectivity index (χ1n) is 8.85. The van der Waals surface area contributed by atoms with E-state index in [0.29, 0.717) is 10.7 Å². The van der Waals surface area contributed by atoms with Crippen LogP contribution in [0.3, 0.4) is 0 Å². The smallest absolute Gasteiger partial charge is 0.260 e. The van der Waals surface area contributed by atoms with Crippen LogP contribution >= 0.6 is 23.8 Å². The van der Waals surface area contributed by atoms with Crippen LogP contribution in [0.25, 0.3) is 0 Å². The molecule has 0 aromatic heterocycles. The van der Waals surface area contributed by atoms with Crippen LogP contribution in [0.2, 0.25) is 5.02 Å². The predicted octanol–water partition coefficient (Wildman–Crippen LogP) is 4.84. The number of carbonyl (C=O) groups excluding carboxylic acids is 1. The number of carbonyl (C=O) groups is 1. The van der Waals surface area contributed by atoms with Crippen molar-refractivity contribution in [3.8, 4) is 0 Å². The normalized spacial score (nSPS) is 14.7. The van der Waals surface area contributed by atoms with Crippen LogP contribution in [0, 0.1) is 11.7 Å². The van der Waals surface area contributed by atoms with Gasteiger partial charge in [-0.1, -0.05) is 30.7 Å². The summed E-state index contributed by atoms with van der Waals surface area (Å²) in [6.45, 7) is 4.25. The number of nitrogens with one attached hydrogen (secondary N) is 2. The third-order valence-corrected chi connectivity index (χ3v) is 5.18. The minimum atomic E-state index is -0.601. The first kappa shape index (κ1) is 19.6. The Hall–Kier alpha value is -2.18. The molecule has 2 N–H and O–H groups in total. The van der Waals surface area contributed by atoms with E-state index in [0.717, 1.165) is 37.5 Å². The van der Waals surface area contributed by atoms with E-state index in [9.17, 15) is 9.18 Å². The number of thiocarbonyl (C=S) groups is 1. The fourth-order valence-electron chi connectivity index (χ4n) is 3.07. The molecule has 1 aliphatic rings. The van der Waals surface area contributed by atoms with E-state index in [2.05, 4.69) is 22.5 Å². The Morgan fingerprint density at radius 1 is 1.22 bits per heavy atom. The fourth-order valence-corrected chi connectivity index (χ4v) is 3.58. The summed E-state index contributed by atoms with van der Waals surface area (Å²) in [5.41, 5.74) is 1.60. The topological polar surface area (TPSA) is 44.4 Å². The maximum Gasteiger partial charge on any atom is 0.260 e. The van der Waals surface area contributed by atoms with Gasteiger partial charge in [0.1, 0.15) is 5.82 Å². The molecule has 0 radical (unpaired) electrons. The van der Waals surface area contributed by atoms with Crippen LogP contribution < -0.4 is 15.5 Å². The minimum absolute atomic E-state index is 0.0608. The zero-order valence-corrected chi connectivity index (χ0v) is 16.5. The van der Waals surface area contributed by atoms with Gasteiger partial charge in [-0.2, -0.15) is 0 Å². The third-order valence-electron chi connectivity index (χ3n) is 4.68. The molecule has 3 rings (SSSR count). The molecule has 1 saturated heterocycles. The van der Waals surface area contributed by atoms with Crippen LogP contribution in [0.5, 0.6) is 0 Å². The standard InChI is InChI=1S/C20H21ClFN3OS/c1-13-8-10-25(11-9-13)18-7-6-14(12-16(18)21)23-20(27)24-19(26)15-4-2-3-5-17(15)22/h2-7,12-13H,8-11H2,1H3,(H2,23,24,26,27). The molecule has 142 valence electrons. The van der Waals surface area contributed by atoms with Crippen LogP contribution in [-0.4, -0.2) is 24.1 Å². The number of nitrogens with zero attached hydrogens (tertiary/aromatic N) is 1. The van der Waals surface area contributed by atoms with Gasteiger partial charge < -0.3 is 10.2 Å². The Labute approximate surface area is 168 Å². The SMILES string of the molecule is CC1CCN(c2ccc(NC(=S)NC(=O)c3ccccc3F)cc2Cl)CC1. The molecule has 1 amide bonds. The Bertz CT molecular complexity index is 853. The summed E-state index contributed by atoms with van der Waals surface area (Å²) in [7, 11) is 0. The van der Waals surface area contributed by atoms with Crippen molar-refractivity contribution in [1.29, 1.82) is 0 Å². The first-order chi connectivity index (χ1) is 12.9. The quantitative estimate of drug-likeness (QED) is 0.717. The molecule has 0 saturated carbocycles. The number of hydrogen-bond donors (Lipinski definition) is 2. The summed E-state index contributed by atoms with van der Waals surface area (Å²) in [4.78, 5) is 14.4. The molecule has 0 bridgehead atoms. The maximum absolute atomic E-state index is 13.7. The van der Waals surface area contributed by atoms with Gasteiger partial charge in [-0.3, -0.25) is 10.1 Å². The summed E-state index contributed by atoms with van der Waals surface area (Å²) < 4.78 is 13.7. The van der Waals surface area contributed by atoms with E-state index in [1.165, 1.54) is 18.2 Å². The summed E-state index contributed by atoms with van der Waals surface area (Å²) in [5, 5.41) is 6.10. The molecule has 27 heavy (non-hydrogen) atoms. The van der Waals surface area contributed by atoms with Gasteiger partial charge in [0.15, 0.2) is 5.11 Å². The molecule has 0 unspecified atom stereocenters. The van der Waals surface area contributed by atoms with Crippen molar-refractivity contribution in [2.75, 3.05) is 23.3 Å². The van der Waals surface area contributed by atoms with Gasteiger partial charge in [0, 0.05) is 18.8 Å². The highest BCUT2D eigenvalue weighted by atomic mass is 35.5. The lowest BCUT2D eigenvalue weighted by atomic mass is 9.99. The van der Waals surface area contributed by atoms with Crippen LogP contribution in [0.15, 0.2) is 42.5 Å². The molecule has 1 heterocycles. The second-order valence-corrected chi connectivity index (χ2v) is 7.54. The fraction of sp³-hybridized carbons (Fsp3) is 0.300. The number of hydrogen-bond acceptors (Lipinski definition) is 3. The molecule has 0 atom stereocenters. The van der Waals surface area contributed by atoms with E-state index in [1.807, 2.05) is 12.1 Å². The monoisotopic (exact) mass is 405 g/mol. The molecule has 4 nitrogen and oxygen atoms in total. The Kier molecular flexibility index (Phi) is 6.29. The summed E-state index contributed by atoms with van der Waals surface area (Å²) in [6, 6.07) is 11.3. The average Bonchev–Trinajstić information content (AvgIpc) is 2.63. The van der Waals surface area contributed by atoms with Crippen LogP contribution in [0.4, 0.5) is 15.8 Å². The summed E-state index contributed by atoms with van der Waals surface area (Å²) >= 11 is 11.6. The lowest BCUT2D eigenvalue weighted by molar-refractivity contribution is 0.0974. The number of anilines is 2. The van der Waals surface area contributed by atoms with Gasteiger partial charge in [0.2, 0.25) is 0 Å². The molecule has 2 aromatic carbocycles. The number of halogens is 2.